The van der Waals surface area contributed by atoms with Gasteiger partial charge in [0.25, 0.3) is 0 Å². The van der Waals surface area contributed by atoms with Gasteiger partial charge < -0.3 is 9.94 Å². The molecule has 0 aromatic rings. The van der Waals surface area contributed by atoms with Gasteiger partial charge in [0.05, 0.1) is 0 Å². The van der Waals surface area contributed by atoms with Crippen LogP contribution in [-0.2, 0) is 4.74 Å². The van der Waals surface area contributed by atoms with Crippen molar-refractivity contribution in [3.63, 3.8) is 0 Å². The first kappa shape index (κ1) is 4.11. The molecular weight excluding hydrogens is 96.0 g/mol. The Balaban J connectivity index is 2.59. The molecule has 1 aliphatic heterocycles. The van der Waals surface area contributed by atoms with Crippen LogP contribution in [0, 0.1) is 0 Å². The summed E-state index contributed by atoms with van der Waals surface area (Å²) in [5.74, 6) is 0.319. The lowest BCUT2D eigenvalue weighted by molar-refractivity contribution is 0.311. The average Bonchev–Trinajstić information content (AvgIpc) is 2.14. The lowest BCUT2D eigenvalue weighted by atomic mass is 10.7. The zero-order valence-electron chi connectivity index (χ0n) is 3.53. The second-order valence-electron chi connectivity index (χ2n) is 1.06. The van der Waals surface area contributed by atoms with Crippen molar-refractivity contribution < 1.29 is 9.94 Å². The molecule has 0 aromatic carbocycles. The highest BCUT2D eigenvalue weighted by Gasteiger charge is 2.00. The maximum absolute atomic E-state index is 7.96. The van der Waals surface area contributed by atoms with Crippen molar-refractivity contribution in [2.75, 3.05) is 6.61 Å². The summed E-state index contributed by atoms with van der Waals surface area (Å²) < 4.78 is 4.57. The first-order valence-corrected chi connectivity index (χ1v) is 1.78. The zero-order valence-corrected chi connectivity index (χ0v) is 3.53. The van der Waals surface area contributed by atoms with E-state index in [0.717, 1.165) is 0 Å². The number of amidine groups is 1. The summed E-state index contributed by atoms with van der Waals surface area (Å²) in [4.78, 5) is 3.51. The van der Waals surface area contributed by atoms with Gasteiger partial charge in [0.2, 0.25) is 5.84 Å². The van der Waals surface area contributed by atoms with Crippen molar-refractivity contribution in [3.8, 4) is 0 Å². The molecule has 4 nitrogen and oxygen atoms in total. The molecule has 0 saturated carbocycles. The Hall–Kier alpha value is -1.06. The van der Waals surface area contributed by atoms with Crippen LogP contribution in [0.2, 0.25) is 0 Å². The van der Waals surface area contributed by atoms with Crippen LogP contribution in [0.3, 0.4) is 0 Å². The fraction of sp³-hybridized carbons (Fsp3) is 0.333. The topological polar surface area (TPSA) is 54.2 Å². The lowest BCUT2D eigenvalue weighted by Gasteiger charge is -1.81. The van der Waals surface area contributed by atoms with E-state index in [9.17, 15) is 0 Å². The first-order valence-electron chi connectivity index (χ1n) is 1.78. The number of nitrogens with zero attached hydrogens (tertiary/aromatic N) is 2. The predicted molar refractivity (Wildman–Crippen MR) is 23.7 cm³/mol. The molecule has 1 rings (SSSR count). The molecule has 0 bridgehead atoms. The van der Waals surface area contributed by atoms with E-state index in [0.29, 0.717) is 5.84 Å². The molecule has 0 saturated heterocycles. The molecule has 0 fully saturated rings. The maximum atomic E-state index is 7.96. The summed E-state index contributed by atoms with van der Waals surface area (Å²) >= 11 is 0. The highest BCUT2D eigenvalue weighted by atomic mass is 16.5. The molecule has 4 heteroatoms. The standard InChI is InChI=1S/C3H4N2O2/c6-5-3-1-7-2-4-3/h2,6H,1H2/b5-3-. The van der Waals surface area contributed by atoms with Gasteiger partial charge in [-0.2, -0.15) is 4.99 Å². The molecule has 1 heterocycles. The SMILES string of the molecule is O/N=C1/COC=N1. The van der Waals surface area contributed by atoms with Crippen LogP contribution < -0.4 is 0 Å². The van der Waals surface area contributed by atoms with E-state index in [1.807, 2.05) is 0 Å². The van der Waals surface area contributed by atoms with Crippen molar-refractivity contribution in [1.82, 2.24) is 0 Å². The largest absolute Gasteiger partial charge is 0.475 e. The van der Waals surface area contributed by atoms with Crippen LogP contribution in [0.5, 0.6) is 0 Å². The highest BCUT2D eigenvalue weighted by Crippen LogP contribution is 1.87. The van der Waals surface area contributed by atoms with E-state index >= 15 is 0 Å². The van der Waals surface area contributed by atoms with Crippen molar-refractivity contribution in [2.24, 2.45) is 10.1 Å². The Kier molecular flexibility index (Phi) is 0.934. The van der Waals surface area contributed by atoms with E-state index in [2.05, 4.69) is 14.9 Å². The summed E-state index contributed by atoms with van der Waals surface area (Å²) in [6.07, 6.45) is 1.25. The number of hydrogen-bond donors (Lipinski definition) is 1. The minimum absolute atomic E-state index is 0.288. The quantitative estimate of drug-likeness (QED) is 0.339. The first-order chi connectivity index (χ1) is 3.43. The fourth-order valence-corrected chi connectivity index (χ4v) is 0.302. The smallest absolute Gasteiger partial charge is 0.208 e. The van der Waals surface area contributed by atoms with Gasteiger partial charge in [0, 0.05) is 0 Å². The van der Waals surface area contributed by atoms with E-state index in [-0.39, 0.29) is 6.61 Å². The Morgan fingerprint density at radius 3 is 3.14 bits per heavy atom. The van der Waals surface area contributed by atoms with Gasteiger partial charge in [-0.15, -0.1) is 0 Å². The van der Waals surface area contributed by atoms with Gasteiger partial charge in [-0.3, -0.25) is 0 Å². The Bertz CT molecular complexity index is 115. The van der Waals surface area contributed by atoms with E-state index in [4.69, 9.17) is 5.21 Å². The van der Waals surface area contributed by atoms with Crippen LogP contribution in [-0.4, -0.2) is 24.1 Å². The van der Waals surface area contributed by atoms with Crippen molar-refractivity contribution in [3.05, 3.63) is 0 Å². The minimum atomic E-state index is 0.288. The molecule has 0 aliphatic carbocycles. The molecule has 0 aromatic heterocycles. The predicted octanol–water partition coefficient (Wildman–Crippen LogP) is -0.167. The molecule has 1 aliphatic rings. The van der Waals surface area contributed by atoms with Gasteiger partial charge in [0.15, 0.2) is 13.0 Å². The van der Waals surface area contributed by atoms with E-state index in [1.54, 1.807) is 0 Å². The zero-order chi connectivity index (χ0) is 5.11. The van der Waals surface area contributed by atoms with Crippen molar-refractivity contribution in [1.29, 1.82) is 0 Å². The lowest BCUT2D eigenvalue weighted by Crippen LogP contribution is -1.94. The molecule has 38 valence electrons. The van der Waals surface area contributed by atoms with Gasteiger partial charge >= 0.3 is 0 Å². The molecular formula is C3H4N2O2. The summed E-state index contributed by atoms with van der Waals surface area (Å²) in [7, 11) is 0. The Morgan fingerprint density at radius 2 is 2.86 bits per heavy atom. The normalized spacial score (nSPS) is 23.1. The van der Waals surface area contributed by atoms with Crippen LogP contribution in [0.25, 0.3) is 0 Å². The molecule has 0 amide bonds. The maximum Gasteiger partial charge on any atom is 0.208 e. The number of rotatable bonds is 0. The average molecular weight is 100 g/mol. The second kappa shape index (κ2) is 1.59. The molecule has 7 heavy (non-hydrogen) atoms. The summed E-state index contributed by atoms with van der Waals surface area (Å²) in [5, 5.41) is 10.7. The molecule has 0 atom stereocenters. The summed E-state index contributed by atoms with van der Waals surface area (Å²) in [5.41, 5.74) is 0. The number of hydrogen-bond acceptors (Lipinski definition) is 3. The van der Waals surface area contributed by atoms with Crippen LogP contribution >= 0.6 is 0 Å². The third-order valence-corrected chi connectivity index (χ3v) is 0.604. The molecule has 1 N–H and O–H groups in total. The van der Waals surface area contributed by atoms with Crippen LogP contribution in [0.1, 0.15) is 0 Å². The highest BCUT2D eigenvalue weighted by molar-refractivity contribution is 5.92. The third-order valence-electron chi connectivity index (χ3n) is 0.604. The number of oxime groups is 1. The van der Waals surface area contributed by atoms with Gasteiger partial charge in [-0.1, -0.05) is 5.16 Å². The van der Waals surface area contributed by atoms with Gasteiger partial charge in [0.1, 0.15) is 0 Å². The van der Waals surface area contributed by atoms with E-state index in [1.165, 1.54) is 6.40 Å². The Morgan fingerprint density at radius 1 is 2.00 bits per heavy atom. The number of ether oxygens (including phenoxy) is 1. The van der Waals surface area contributed by atoms with Crippen LogP contribution in [0.4, 0.5) is 0 Å². The van der Waals surface area contributed by atoms with E-state index < -0.39 is 0 Å². The summed E-state index contributed by atoms with van der Waals surface area (Å²) in [6.45, 7) is 0.288. The summed E-state index contributed by atoms with van der Waals surface area (Å²) in [6, 6.07) is 0. The fourth-order valence-electron chi connectivity index (χ4n) is 0.302. The van der Waals surface area contributed by atoms with Crippen molar-refractivity contribution >= 4 is 12.2 Å². The van der Waals surface area contributed by atoms with Crippen LogP contribution in [0.15, 0.2) is 10.1 Å². The third kappa shape index (κ3) is 0.677. The molecule has 0 radical (unpaired) electrons. The minimum Gasteiger partial charge on any atom is -0.475 e. The monoisotopic (exact) mass is 100 g/mol. The molecule has 0 unspecified atom stereocenters. The number of aliphatic imine (C=N–C) groups is 1. The van der Waals surface area contributed by atoms with Gasteiger partial charge in [-0.05, 0) is 0 Å². The Labute approximate surface area is 40.1 Å². The molecule has 0 spiro atoms. The van der Waals surface area contributed by atoms with Gasteiger partial charge in [-0.25, -0.2) is 0 Å². The van der Waals surface area contributed by atoms with Crippen molar-refractivity contribution in [2.45, 2.75) is 0 Å². The second-order valence-corrected chi connectivity index (χ2v) is 1.06.